The number of benzene rings is 2. The second kappa shape index (κ2) is 6.44. The Kier molecular flexibility index (Phi) is 4.29. The summed E-state index contributed by atoms with van der Waals surface area (Å²) < 4.78 is 0. The Morgan fingerprint density at radius 2 is 1.88 bits per heavy atom. The average Bonchev–Trinajstić information content (AvgIpc) is 3.15. The monoisotopic (exact) mass is 358 g/mol. The third kappa shape index (κ3) is 3.06. The number of likely N-dealkylation sites (tertiary alicyclic amines) is 1. The average molecular weight is 359 g/mol. The molecule has 2 heterocycles. The van der Waals surface area contributed by atoms with Gasteiger partial charge in [0.05, 0.1) is 0 Å². The van der Waals surface area contributed by atoms with Gasteiger partial charge < -0.3 is 5.32 Å². The fraction of sp³-hybridized carbons (Fsp3) is 0.300. The lowest BCUT2D eigenvalue weighted by Gasteiger charge is -2.24. The molecule has 2 aromatic rings. The van der Waals surface area contributed by atoms with Crippen LogP contribution in [0.3, 0.4) is 0 Å². The van der Waals surface area contributed by atoms with Gasteiger partial charge in [0.2, 0.25) is 0 Å². The molecule has 2 aliphatic rings. The van der Waals surface area contributed by atoms with Gasteiger partial charge in [0.15, 0.2) is 0 Å². The lowest BCUT2D eigenvalue weighted by molar-refractivity contribution is 0.349. The zero-order chi connectivity index (χ0) is 16.6. The standard InChI is InChI=1S/C20H20Cl2N2/c21-16-5-3-15(4-6-16)2-1-10-24-11-9-20(14-24)13-23-19-8-7-17(22)12-18(19)20/h1-8,12,23H,9-11,13-14H2. The van der Waals surface area contributed by atoms with Crippen LogP contribution in [0.15, 0.2) is 48.5 Å². The van der Waals surface area contributed by atoms with Crippen LogP contribution in [0.1, 0.15) is 17.5 Å². The van der Waals surface area contributed by atoms with Crippen molar-refractivity contribution in [1.29, 1.82) is 0 Å². The molecule has 1 N–H and O–H groups in total. The molecule has 1 atom stereocenters. The number of nitrogens with one attached hydrogen (secondary N) is 1. The fourth-order valence-corrected chi connectivity index (χ4v) is 4.16. The van der Waals surface area contributed by atoms with Crippen molar-refractivity contribution in [3.8, 4) is 0 Å². The molecule has 1 saturated heterocycles. The van der Waals surface area contributed by atoms with Crippen molar-refractivity contribution in [2.45, 2.75) is 11.8 Å². The molecule has 24 heavy (non-hydrogen) atoms. The minimum Gasteiger partial charge on any atom is -0.384 e. The SMILES string of the molecule is Clc1ccc(C=CCN2CCC3(CNc4ccc(Cl)cc43)C2)cc1. The molecule has 2 aliphatic heterocycles. The molecular weight excluding hydrogens is 339 g/mol. The number of fused-ring (bicyclic) bond motifs is 2. The molecule has 1 fully saturated rings. The largest absolute Gasteiger partial charge is 0.384 e. The van der Waals surface area contributed by atoms with Crippen molar-refractivity contribution in [2.24, 2.45) is 0 Å². The van der Waals surface area contributed by atoms with Crippen LogP contribution in [0.4, 0.5) is 5.69 Å². The second-order valence-electron chi connectivity index (χ2n) is 6.76. The lowest BCUT2D eigenvalue weighted by atomic mass is 9.82. The summed E-state index contributed by atoms with van der Waals surface area (Å²) in [4.78, 5) is 2.52. The lowest BCUT2D eigenvalue weighted by Crippen LogP contribution is -2.32. The predicted molar refractivity (Wildman–Crippen MR) is 103 cm³/mol. The van der Waals surface area contributed by atoms with Crippen LogP contribution < -0.4 is 5.32 Å². The zero-order valence-corrected chi connectivity index (χ0v) is 14.9. The van der Waals surface area contributed by atoms with E-state index in [1.54, 1.807) is 0 Å². The Morgan fingerprint density at radius 1 is 1.08 bits per heavy atom. The molecule has 124 valence electrons. The first-order valence-corrected chi connectivity index (χ1v) is 9.09. The summed E-state index contributed by atoms with van der Waals surface area (Å²) in [5, 5.41) is 5.16. The van der Waals surface area contributed by atoms with Gasteiger partial charge >= 0.3 is 0 Å². The topological polar surface area (TPSA) is 15.3 Å². The molecular formula is C20H20Cl2N2. The van der Waals surface area contributed by atoms with E-state index in [2.05, 4.69) is 34.5 Å². The van der Waals surface area contributed by atoms with Gasteiger partial charge in [0, 0.05) is 40.8 Å². The molecule has 0 aliphatic carbocycles. The first-order valence-electron chi connectivity index (χ1n) is 8.33. The maximum atomic E-state index is 6.22. The van der Waals surface area contributed by atoms with Crippen molar-refractivity contribution < 1.29 is 0 Å². The van der Waals surface area contributed by atoms with Gasteiger partial charge in [-0.3, -0.25) is 4.90 Å². The first kappa shape index (κ1) is 16.0. The molecule has 4 heteroatoms. The van der Waals surface area contributed by atoms with E-state index < -0.39 is 0 Å². The summed E-state index contributed by atoms with van der Waals surface area (Å²) in [5.74, 6) is 0. The number of rotatable bonds is 3. The van der Waals surface area contributed by atoms with Crippen LogP contribution in [0.25, 0.3) is 6.08 Å². The molecule has 1 unspecified atom stereocenters. The molecule has 0 radical (unpaired) electrons. The minimum absolute atomic E-state index is 0.217. The Bertz CT molecular complexity index is 770. The van der Waals surface area contributed by atoms with Crippen molar-refractivity contribution >= 4 is 35.0 Å². The Labute approximate surface area is 153 Å². The second-order valence-corrected chi connectivity index (χ2v) is 7.64. The molecule has 1 spiro atoms. The predicted octanol–water partition coefficient (Wildman–Crippen LogP) is 5.08. The van der Waals surface area contributed by atoms with Crippen molar-refractivity contribution in [3.63, 3.8) is 0 Å². The highest BCUT2D eigenvalue weighted by Gasteiger charge is 2.43. The summed E-state index contributed by atoms with van der Waals surface area (Å²) in [6.45, 7) is 4.19. The number of nitrogens with zero attached hydrogens (tertiary/aromatic N) is 1. The van der Waals surface area contributed by atoms with E-state index in [4.69, 9.17) is 23.2 Å². The third-order valence-electron chi connectivity index (χ3n) is 5.15. The number of halogens is 2. The summed E-state index contributed by atoms with van der Waals surface area (Å²) >= 11 is 12.1. The Balaban J connectivity index is 1.43. The highest BCUT2D eigenvalue weighted by molar-refractivity contribution is 6.31. The van der Waals surface area contributed by atoms with Crippen LogP contribution in [0, 0.1) is 0 Å². The van der Waals surface area contributed by atoms with E-state index in [1.807, 2.05) is 30.3 Å². The van der Waals surface area contributed by atoms with E-state index in [-0.39, 0.29) is 5.41 Å². The van der Waals surface area contributed by atoms with Gasteiger partial charge in [-0.05, 0) is 54.4 Å². The number of anilines is 1. The smallest absolute Gasteiger partial charge is 0.0410 e. The molecule has 2 nitrogen and oxygen atoms in total. The molecule has 0 saturated carbocycles. The van der Waals surface area contributed by atoms with Crippen molar-refractivity contribution in [3.05, 3.63) is 69.7 Å². The van der Waals surface area contributed by atoms with E-state index in [0.29, 0.717) is 0 Å². The third-order valence-corrected chi connectivity index (χ3v) is 5.63. The quantitative estimate of drug-likeness (QED) is 0.823. The van der Waals surface area contributed by atoms with E-state index in [0.717, 1.165) is 36.2 Å². The van der Waals surface area contributed by atoms with Crippen LogP contribution in [-0.4, -0.2) is 31.1 Å². The maximum Gasteiger partial charge on any atom is 0.0410 e. The molecule has 4 rings (SSSR count). The Morgan fingerprint density at radius 3 is 2.71 bits per heavy atom. The van der Waals surface area contributed by atoms with Crippen molar-refractivity contribution in [2.75, 3.05) is 31.5 Å². The van der Waals surface area contributed by atoms with Gasteiger partial charge in [0.1, 0.15) is 0 Å². The number of hydrogen-bond donors (Lipinski definition) is 1. The number of hydrogen-bond acceptors (Lipinski definition) is 2. The zero-order valence-electron chi connectivity index (χ0n) is 13.4. The van der Waals surface area contributed by atoms with E-state index in [9.17, 15) is 0 Å². The molecule has 2 aromatic carbocycles. The van der Waals surface area contributed by atoms with Crippen molar-refractivity contribution in [1.82, 2.24) is 4.90 Å². The summed E-state index contributed by atoms with van der Waals surface area (Å²) in [7, 11) is 0. The summed E-state index contributed by atoms with van der Waals surface area (Å²) in [6.07, 6.45) is 5.59. The van der Waals surface area contributed by atoms with E-state index in [1.165, 1.54) is 23.2 Å². The highest BCUT2D eigenvalue weighted by atomic mass is 35.5. The molecule has 0 aromatic heterocycles. The van der Waals surface area contributed by atoms with Gasteiger partial charge in [-0.1, -0.05) is 47.5 Å². The van der Waals surface area contributed by atoms with Crippen LogP contribution in [0.2, 0.25) is 10.0 Å². The summed E-state index contributed by atoms with van der Waals surface area (Å²) in [6, 6.07) is 14.2. The fourth-order valence-electron chi connectivity index (χ4n) is 3.86. The van der Waals surface area contributed by atoms with Gasteiger partial charge in [-0.15, -0.1) is 0 Å². The normalized spacial score (nSPS) is 23.1. The van der Waals surface area contributed by atoms with Crippen LogP contribution in [0.5, 0.6) is 0 Å². The van der Waals surface area contributed by atoms with Gasteiger partial charge in [-0.25, -0.2) is 0 Å². The molecule has 0 amide bonds. The highest BCUT2D eigenvalue weighted by Crippen LogP contribution is 2.44. The summed E-state index contributed by atoms with van der Waals surface area (Å²) in [5.41, 5.74) is 4.04. The Hall–Kier alpha value is -1.48. The van der Waals surface area contributed by atoms with Gasteiger partial charge in [0.25, 0.3) is 0 Å². The van der Waals surface area contributed by atoms with Gasteiger partial charge in [-0.2, -0.15) is 0 Å². The van der Waals surface area contributed by atoms with E-state index >= 15 is 0 Å². The minimum atomic E-state index is 0.217. The first-order chi connectivity index (χ1) is 11.6. The van der Waals surface area contributed by atoms with Crippen LogP contribution >= 0.6 is 23.2 Å². The maximum absolute atomic E-state index is 6.22. The molecule has 0 bridgehead atoms. The van der Waals surface area contributed by atoms with Crippen LogP contribution in [-0.2, 0) is 5.41 Å².